The van der Waals surface area contributed by atoms with Gasteiger partial charge < -0.3 is 14.2 Å². The van der Waals surface area contributed by atoms with Crippen molar-refractivity contribution in [2.45, 2.75) is 219 Å². The van der Waals surface area contributed by atoms with Crippen LogP contribution in [0.3, 0.4) is 0 Å². The van der Waals surface area contributed by atoms with Gasteiger partial charge in [-0.05, 0) is 122 Å². The molecule has 6 heteroatoms. The molecule has 0 spiro atoms. The Bertz CT molecular complexity index is 1250. The smallest absolute Gasteiger partial charge is 0.306 e. The number of esters is 3. The molecular weight excluding hydrogens is 757 g/mol. The molecule has 0 aromatic carbocycles. The molecule has 0 radical (unpaired) electrons. The van der Waals surface area contributed by atoms with E-state index in [2.05, 4.69) is 118 Å². The zero-order valence-electron chi connectivity index (χ0n) is 39.4. The van der Waals surface area contributed by atoms with Gasteiger partial charge in [0.05, 0.1) is 0 Å². The van der Waals surface area contributed by atoms with Crippen LogP contribution < -0.4 is 0 Å². The van der Waals surface area contributed by atoms with Gasteiger partial charge in [0.1, 0.15) is 13.2 Å². The second-order valence-electron chi connectivity index (χ2n) is 16.0. The summed E-state index contributed by atoms with van der Waals surface area (Å²) in [6.07, 6.45) is 63.9. The van der Waals surface area contributed by atoms with Crippen LogP contribution >= 0.6 is 0 Å². The summed E-state index contributed by atoms with van der Waals surface area (Å²) in [6, 6.07) is 0. The van der Waals surface area contributed by atoms with Crippen molar-refractivity contribution in [1.29, 1.82) is 0 Å². The summed E-state index contributed by atoms with van der Waals surface area (Å²) in [6.45, 7) is 6.38. The van der Waals surface area contributed by atoms with Crippen LogP contribution in [-0.4, -0.2) is 37.2 Å². The fourth-order valence-corrected chi connectivity index (χ4v) is 6.31. The first-order valence-electron chi connectivity index (χ1n) is 24.7. The lowest BCUT2D eigenvalue weighted by Crippen LogP contribution is -2.30. The van der Waals surface area contributed by atoms with Crippen molar-refractivity contribution >= 4 is 17.9 Å². The van der Waals surface area contributed by atoms with E-state index >= 15 is 0 Å². The van der Waals surface area contributed by atoms with Gasteiger partial charge >= 0.3 is 17.9 Å². The summed E-state index contributed by atoms with van der Waals surface area (Å²) in [5.74, 6) is -1.01. The number of rotatable bonds is 43. The predicted molar refractivity (Wildman–Crippen MR) is 260 cm³/mol. The van der Waals surface area contributed by atoms with E-state index in [1.165, 1.54) is 64.2 Å². The SMILES string of the molecule is CC/C=C\C/C=C\C/C=C\C/C=C\CCCCC(=O)OC[C@H](COC(=O)CCCCCCC/C=C\CCCCCC)OC(=O)CCCC/C=C\C/C=C\C/C=C\CCCCC. The molecule has 6 nitrogen and oxygen atoms in total. The Labute approximate surface area is 375 Å². The van der Waals surface area contributed by atoms with Crippen molar-refractivity contribution in [3.8, 4) is 0 Å². The van der Waals surface area contributed by atoms with Crippen LogP contribution in [0.1, 0.15) is 213 Å². The van der Waals surface area contributed by atoms with Crippen LogP contribution in [0, 0.1) is 0 Å². The van der Waals surface area contributed by atoms with Gasteiger partial charge in [0.2, 0.25) is 0 Å². The molecule has 0 aliphatic rings. The third-order valence-corrected chi connectivity index (χ3v) is 10.0. The number of carbonyl (C=O) groups is 3. The molecular formula is C55H90O6. The average molecular weight is 847 g/mol. The predicted octanol–water partition coefficient (Wildman–Crippen LogP) is 16.2. The fraction of sp³-hybridized carbons (Fsp3) is 0.655. The Morgan fingerprint density at radius 1 is 0.344 bits per heavy atom. The molecule has 0 N–H and O–H groups in total. The first-order chi connectivity index (χ1) is 30.0. The Balaban J connectivity index is 4.55. The topological polar surface area (TPSA) is 78.9 Å². The van der Waals surface area contributed by atoms with Crippen LogP contribution in [0.4, 0.5) is 0 Å². The van der Waals surface area contributed by atoms with Gasteiger partial charge in [-0.25, -0.2) is 0 Å². The van der Waals surface area contributed by atoms with Crippen LogP contribution in [0.25, 0.3) is 0 Å². The van der Waals surface area contributed by atoms with Crippen LogP contribution in [0.2, 0.25) is 0 Å². The minimum atomic E-state index is -0.817. The molecule has 0 aliphatic heterocycles. The lowest BCUT2D eigenvalue weighted by molar-refractivity contribution is -0.167. The van der Waals surface area contributed by atoms with Gasteiger partial charge in [0, 0.05) is 19.3 Å². The largest absolute Gasteiger partial charge is 0.462 e. The van der Waals surface area contributed by atoms with Gasteiger partial charge in [0.25, 0.3) is 0 Å². The van der Waals surface area contributed by atoms with Crippen LogP contribution in [-0.2, 0) is 28.6 Å². The van der Waals surface area contributed by atoms with Gasteiger partial charge in [-0.1, -0.05) is 169 Å². The Hall–Kier alpha value is -3.67. The summed E-state index contributed by atoms with van der Waals surface area (Å²) in [5.41, 5.74) is 0. The standard InChI is InChI=1S/C55H90O6/c1-4-7-10-13-16-19-22-25-27-30-33-36-39-42-45-48-54(57)60-51-52(50-59-53(56)47-44-41-38-35-32-29-24-21-18-15-12-9-6-3)61-55(58)49-46-43-40-37-34-31-28-26-23-20-17-14-11-8-5-2/h7,10,16-17,19-21,24-28,33-34,36-37,52H,4-6,8-9,11-15,18,22-23,29-32,35,38-51H2,1-3H3/b10-7-,19-16-,20-17-,24-21-,27-25-,28-26-,36-33-,37-34-/t52-/m0/s1. The van der Waals surface area contributed by atoms with Gasteiger partial charge in [-0.3, -0.25) is 14.4 Å². The molecule has 0 fully saturated rings. The monoisotopic (exact) mass is 847 g/mol. The Kier molecular flexibility index (Phi) is 46.0. The molecule has 0 rings (SSSR count). The van der Waals surface area contributed by atoms with E-state index in [0.29, 0.717) is 25.7 Å². The molecule has 0 saturated carbocycles. The lowest BCUT2D eigenvalue weighted by Gasteiger charge is -2.18. The molecule has 0 unspecified atom stereocenters. The Morgan fingerprint density at radius 3 is 1.08 bits per heavy atom. The maximum Gasteiger partial charge on any atom is 0.306 e. The van der Waals surface area contributed by atoms with E-state index in [1.54, 1.807) is 0 Å². The van der Waals surface area contributed by atoms with E-state index in [1.807, 2.05) is 0 Å². The quantitative estimate of drug-likeness (QED) is 0.0263. The minimum absolute atomic E-state index is 0.112. The normalized spacial score (nSPS) is 12.9. The molecule has 1 atom stereocenters. The third-order valence-electron chi connectivity index (χ3n) is 10.0. The van der Waals surface area contributed by atoms with Crippen molar-refractivity contribution in [2.75, 3.05) is 13.2 Å². The number of unbranched alkanes of at least 4 members (excludes halogenated alkanes) is 16. The zero-order valence-corrected chi connectivity index (χ0v) is 39.4. The van der Waals surface area contributed by atoms with E-state index in [4.69, 9.17) is 14.2 Å². The van der Waals surface area contributed by atoms with E-state index in [-0.39, 0.29) is 37.5 Å². The molecule has 61 heavy (non-hydrogen) atoms. The van der Waals surface area contributed by atoms with E-state index in [0.717, 1.165) is 96.3 Å². The number of carbonyl (C=O) groups excluding carboxylic acids is 3. The van der Waals surface area contributed by atoms with Crippen molar-refractivity contribution in [1.82, 2.24) is 0 Å². The second-order valence-corrected chi connectivity index (χ2v) is 16.0. The summed E-state index contributed by atoms with van der Waals surface area (Å²) in [5, 5.41) is 0. The zero-order chi connectivity index (χ0) is 44.4. The lowest BCUT2D eigenvalue weighted by atomic mass is 10.1. The van der Waals surface area contributed by atoms with Crippen molar-refractivity contribution < 1.29 is 28.6 Å². The first-order valence-corrected chi connectivity index (χ1v) is 24.7. The van der Waals surface area contributed by atoms with Crippen LogP contribution in [0.15, 0.2) is 97.2 Å². The van der Waals surface area contributed by atoms with Crippen LogP contribution in [0.5, 0.6) is 0 Å². The minimum Gasteiger partial charge on any atom is -0.462 e. The highest BCUT2D eigenvalue weighted by Gasteiger charge is 2.19. The summed E-state index contributed by atoms with van der Waals surface area (Å²) >= 11 is 0. The molecule has 0 saturated heterocycles. The van der Waals surface area contributed by atoms with Gasteiger partial charge in [0.15, 0.2) is 6.10 Å². The summed E-state index contributed by atoms with van der Waals surface area (Å²) in [4.78, 5) is 37.9. The highest BCUT2D eigenvalue weighted by Crippen LogP contribution is 2.12. The van der Waals surface area contributed by atoms with E-state index < -0.39 is 6.10 Å². The third kappa shape index (κ3) is 47.2. The maximum absolute atomic E-state index is 12.8. The van der Waals surface area contributed by atoms with Gasteiger partial charge in [-0.15, -0.1) is 0 Å². The highest BCUT2D eigenvalue weighted by molar-refractivity contribution is 5.71. The van der Waals surface area contributed by atoms with E-state index in [9.17, 15) is 14.4 Å². The van der Waals surface area contributed by atoms with Crippen molar-refractivity contribution in [2.24, 2.45) is 0 Å². The summed E-state index contributed by atoms with van der Waals surface area (Å²) in [7, 11) is 0. The van der Waals surface area contributed by atoms with Gasteiger partial charge in [-0.2, -0.15) is 0 Å². The highest BCUT2D eigenvalue weighted by atomic mass is 16.6. The molecule has 0 amide bonds. The molecule has 0 heterocycles. The molecule has 346 valence electrons. The Morgan fingerprint density at radius 2 is 0.639 bits per heavy atom. The first kappa shape index (κ1) is 57.3. The summed E-state index contributed by atoms with van der Waals surface area (Å²) < 4.78 is 16.7. The molecule has 0 bridgehead atoms. The average Bonchev–Trinajstić information content (AvgIpc) is 3.26. The second kappa shape index (κ2) is 49.0. The van der Waals surface area contributed by atoms with Crippen molar-refractivity contribution in [3.63, 3.8) is 0 Å². The number of hydrogen-bond donors (Lipinski definition) is 0. The molecule has 0 aromatic rings. The maximum atomic E-state index is 12.8. The number of hydrogen-bond acceptors (Lipinski definition) is 6. The molecule has 0 aliphatic carbocycles. The number of ether oxygens (including phenoxy) is 3. The number of allylic oxidation sites excluding steroid dienone is 16. The fourth-order valence-electron chi connectivity index (χ4n) is 6.31. The molecule has 0 aromatic heterocycles. The van der Waals surface area contributed by atoms with Crippen molar-refractivity contribution in [3.05, 3.63) is 97.2 Å².